The van der Waals surface area contributed by atoms with Crippen molar-refractivity contribution in [2.75, 3.05) is 10.0 Å². The molecule has 0 bridgehead atoms. The van der Waals surface area contributed by atoms with Crippen LogP contribution >= 0.6 is 11.6 Å². The van der Waals surface area contributed by atoms with Crippen molar-refractivity contribution in [3.05, 3.63) is 94.5 Å². The quantitative estimate of drug-likeness (QED) is 0.350. The summed E-state index contributed by atoms with van der Waals surface area (Å²) in [6.07, 6.45) is 5.48. The number of ether oxygens (including phenoxy) is 1. The molecule has 3 atom stereocenters. The van der Waals surface area contributed by atoms with Crippen molar-refractivity contribution in [1.29, 1.82) is 0 Å². The van der Waals surface area contributed by atoms with E-state index in [-0.39, 0.29) is 23.0 Å². The highest BCUT2D eigenvalue weighted by atomic mass is 35.5. The van der Waals surface area contributed by atoms with Crippen molar-refractivity contribution in [3.63, 3.8) is 0 Å². The van der Waals surface area contributed by atoms with Crippen LogP contribution < -0.4 is 14.8 Å². The minimum Gasteiger partial charge on any atom is -0.491 e. The molecule has 0 fully saturated rings. The number of sulfonamides is 1. The molecule has 0 amide bonds. The minimum absolute atomic E-state index is 0.132. The van der Waals surface area contributed by atoms with Gasteiger partial charge in [0.1, 0.15) is 5.75 Å². The molecular weight excluding hydrogens is 480 g/mol. The van der Waals surface area contributed by atoms with Gasteiger partial charge in [0.2, 0.25) is 0 Å². The number of fused-ring (bicyclic) bond motifs is 3. The first kappa shape index (κ1) is 23.8. The molecule has 0 radical (unpaired) electrons. The molecule has 35 heavy (non-hydrogen) atoms. The van der Waals surface area contributed by atoms with Gasteiger partial charge in [-0.05, 0) is 98.3 Å². The summed E-state index contributed by atoms with van der Waals surface area (Å²) in [5.41, 5.74) is 4.46. The smallest absolute Gasteiger partial charge is 0.261 e. The van der Waals surface area contributed by atoms with Gasteiger partial charge < -0.3 is 10.1 Å². The van der Waals surface area contributed by atoms with E-state index in [1.54, 1.807) is 30.3 Å². The standard InChI is InChI=1S/C28H29ClN2O3S/c1-17(2)34-21-10-7-19(8-11-21)28-24-6-4-5-23(24)25-16-22(12-14-27(25)30-28)35(32,33)31-26-13-9-20(29)15-18(26)3/h4-5,7-17,23-24,28,30-31H,6H2,1-3H3/t23-,24+,28+/m0/s1. The predicted molar refractivity (Wildman–Crippen MR) is 142 cm³/mol. The first-order chi connectivity index (χ1) is 16.7. The third kappa shape index (κ3) is 4.78. The second-order valence-electron chi connectivity index (χ2n) is 9.52. The lowest BCUT2D eigenvalue weighted by Gasteiger charge is -2.37. The summed E-state index contributed by atoms with van der Waals surface area (Å²) < 4.78 is 34.9. The molecule has 1 heterocycles. The molecule has 1 aliphatic heterocycles. The molecule has 182 valence electrons. The van der Waals surface area contributed by atoms with E-state index in [1.165, 1.54) is 5.56 Å². The number of benzene rings is 3. The fraction of sp³-hybridized carbons (Fsp3) is 0.286. The zero-order valence-electron chi connectivity index (χ0n) is 20.0. The second-order valence-corrected chi connectivity index (χ2v) is 11.6. The molecule has 1 aliphatic carbocycles. The average Bonchev–Trinajstić information content (AvgIpc) is 3.31. The van der Waals surface area contributed by atoms with Crippen molar-refractivity contribution < 1.29 is 13.2 Å². The fourth-order valence-corrected chi connectivity index (χ4v) is 6.43. The Morgan fingerprint density at radius 3 is 2.54 bits per heavy atom. The molecular formula is C28H29ClN2O3S. The molecule has 3 aromatic rings. The Morgan fingerprint density at radius 2 is 1.83 bits per heavy atom. The summed E-state index contributed by atoms with van der Waals surface area (Å²) in [4.78, 5) is 0.250. The number of aryl methyl sites for hydroxylation is 1. The first-order valence-electron chi connectivity index (χ1n) is 11.8. The molecule has 7 heteroatoms. The SMILES string of the molecule is Cc1cc(Cl)ccc1NS(=O)(=O)c1ccc2c(c1)[C@H]1C=CC[C@H]1[C@@H](c1ccc(OC(C)C)cc1)N2. The van der Waals surface area contributed by atoms with Gasteiger partial charge in [-0.1, -0.05) is 35.9 Å². The Kier molecular flexibility index (Phi) is 6.28. The number of hydrogen-bond acceptors (Lipinski definition) is 4. The maximum absolute atomic E-state index is 13.2. The van der Waals surface area contributed by atoms with Crippen LogP contribution in [0.25, 0.3) is 0 Å². The van der Waals surface area contributed by atoms with E-state index >= 15 is 0 Å². The Bertz CT molecular complexity index is 1380. The van der Waals surface area contributed by atoms with Crippen molar-refractivity contribution in [2.45, 2.75) is 50.2 Å². The normalized spacial score (nSPS) is 20.8. The van der Waals surface area contributed by atoms with Crippen molar-refractivity contribution in [3.8, 4) is 5.75 Å². The lowest BCUT2D eigenvalue weighted by molar-refractivity contribution is 0.242. The summed E-state index contributed by atoms with van der Waals surface area (Å²) >= 11 is 6.02. The van der Waals surface area contributed by atoms with Gasteiger partial charge in [-0.2, -0.15) is 0 Å². The molecule has 0 spiro atoms. The van der Waals surface area contributed by atoms with Gasteiger partial charge in [0, 0.05) is 16.6 Å². The van der Waals surface area contributed by atoms with Crippen molar-refractivity contribution in [1.82, 2.24) is 0 Å². The van der Waals surface area contributed by atoms with Crippen LogP contribution in [-0.4, -0.2) is 14.5 Å². The molecule has 0 unspecified atom stereocenters. The van der Waals surface area contributed by atoms with E-state index in [1.807, 2.05) is 39.0 Å². The monoisotopic (exact) mass is 508 g/mol. The molecule has 5 rings (SSSR count). The molecule has 0 aromatic heterocycles. The Labute approximate surface area is 212 Å². The highest BCUT2D eigenvalue weighted by molar-refractivity contribution is 7.92. The predicted octanol–water partition coefficient (Wildman–Crippen LogP) is 7.06. The van der Waals surface area contributed by atoms with Crippen molar-refractivity contribution >= 4 is 33.0 Å². The summed E-state index contributed by atoms with van der Waals surface area (Å²) in [6.45, 7) is 5.86. The number of nitrogens with one attached hydrogen (secondary N) is 2. The summed E-state index contributed by atoms with van der Waals surface area (Å²) in [7, 11) is -3.75. The van der Waals surface area contributed by atoms with Gasteiger partial charge in [-0.3, -0.25) is 4.72 Å². The molecule has 0 saturated carbocycles. The molecule has 0 saturated heterocycles. The lowest BCUT2D eigenvalue weighted by atomic mass is 9.77. The van der Waals surface area contributed by atoms with Gasteiger partial charge in [0.25, 0.3) is 10.0 Å². The fourth-order valence-electron chi connectivity index (χ4n) is 5.04. The van der Waals surface area contributed by atoms with Gasteiger partial charge in [0.15, 0.2) is 0 Å². The Hall–Kier alpha value is -2.96. The highest BCUT2D eigenvalue weighted by Crippen LogP contribution is 2.50. The van der Waals surface area contributed by atoms with Crippen molar-refractivity contribution in [2.24, 2.45) is 5.92 Å². The maximum Gasteiger partial charge on any atom is 0.261 e. The second kappa shape index (κ2) is 9.25. The van der Waals surface area contributed by atoms with E-state index in [9.17, 15) is 8.42 Å². The summed E-state index contributed by atoms with van der Waals surface area (Å²) in [5, 5.41) is 4.25. The number of anilines is 2. The summed E-state index contributed by atoms with van der Waals surface area (Å²) in [6, 6.07) is 18.9. The van der Waals surface area contributed by atoms with Gasteiger partial charge in [-0.15, -0.1) is 0 Å². The molecule has 5 nitrogen and oxygen atoms in total. The Morgan fingerprint density at radius 1 is 1.06 bits per heavy atom. The van der Waals surface area contributed by atoms with Crippen LogP contribution in [0, 0.1) is 12.8 Å². The van der Waals surface area contributed by atoms with E-state index < -0.39 is 10.0 Å². The number of rotatable bonds is 6. The molecule has 2 N–H and O–H groups in total. The third-order valence-electron chi connectivity index (χ3n) is 6.69. The molecule has 3 aromatic carbocycles. The van der Waals surface area contributed by atoms with Crippen LogP contribution in [0.1, 0.15) is 48.9 Å². The number of hydrogen-bond donors (Lipinski definition) is 2. The summed E-state index contributed by atoms with van der Waals surface area (Å²) in [5.74, 6) is 1.32. The minimum atomic E-state index is -3.75. The van der Waals surface area contributed by atoms with Gasteiger partial charge in [-0.25, -0.2) is 8.42 Å². The van der Waals surface area contributed by atoms with Crippen LogP contribution in [-0.2, 0) is 10.0 Å². The van der Waals surface area contributed by atoms with Crippen LogP contribution in [0.4, 0.5) is 11.4 Å². The molecule has 2 aliphatic rings. The number of halogens is 1. The average molecular weight is 509 g/mol. The topological polar surface area (TPSA) is 67.4 Å². The Balaban J connectivity index is 1.43. The number of allylic oxidation sites excluding steroid dienone is 2. The van der Waals surface area contributed by atoms with Crippen LogP contribution in [0.15, 0.2) is 77.7 Å². The van der Waals surface area contributed by atoms with Crippen LogP contribution in [0.3, 0.4) is 0 Å². The van der Waals surface area contributed by atoms with Gasteiger partial charge >= 0.3 is 0 Å². The van der Waals surface area contributed by atoms with E-state index in [4.69, 9.17) is 16.3 Å². The largest absolute Gasteiger partial charge is 0.491 e. The van der Waals surface area contributed by atoms with E-state index in [0.717, 1.165) is 29.0 Å². The lowest BCUT2D eigenvalue weighted by Crippen LogP contribution is -2.29. The first-order valence-corrected chi connectivity index (χ1v) is 13.7. The van der Waals surface area contributed by atoms with Gasteiger partial charge in [0.05, 0.1) is 22.7 Å². The van der Waals surface area contributed by atoms with Crippen LogP contribution in [0.5, 0.6) is 5.75 Å². The maximum atomic E-state index is 13.2. The highest BCUT2D eigenvalue weighted by Gasteiger charge is 2.38. The zero-order chi connectivity index (χ0) is 24.7. The van der Waals surface area contributed by atoms with E-state index in [2.05, 4.69) is 34.3 Å². The zero-order valence-corrected chi connectivity index (χ0v) is 21.5. The third-order valence-corrected chi connectivity index (χ3v) is 8.29. The van der Waals surface area contributed by atoms with E-state index in [0.29, 0.717) is 16.6 Å². The van der Waals surface area contributed by atoms with Crippen LogP contribution in [0.2, 0.25) is 5.02 Å².